The number of ether oxygens (including phenoxy) is 2. The van der Waals surface area contributed by atoms with E-state index in [0.29, 0.717) is 25.0 Å². The number of rotatable bonds is 5. The van der Waals surface area contributed by atoms with Gasteiger partial charge in [0.1, 0.15) is 13.2 Å². The van der Waals surface area contributed by atoms with E-state index in [0.717, 1.165) is 11.4 Å². The van der Waals surface area contributed by atoms with Gasteiger partial charge in [-0.25, -0.2) is 9.97 Å². The largest absolute Gasteiger partial charge is 0.473 e. The molecule has 0 saturated heterocycles. The van der Waals surface area contributed by atoms with Gasteiger partial charge < -0.3 is 9.47 Å². The molecule has 2 heterocycles. The summed E-state index contributed by atoms with van der Waals surface area (Å²) in [6.45, 7) is 4.46. The third-order valence-electron chi connectivity index (χ3n) is 2.23. The lowest BCUT2D eigenvalue weighted by molar-refractivity contribution is 0.204. The maximum absolute atomic E-state index is 5.45. The number of nitrogens with zero attached hydrogens (tertiary/aromatic N) is 4. The summed E-state index contributed by atoms with van der Waals surface area (Å²) in [4.78, 5) is 16.3. The summed E-state index contributed by atoms with van der Waals surface area (Å²) in [6, 6.07) is 0. The van der Waals surface area contributed by atoms with Gasteiger partial charge in [0.25, 0.3) is 0 Å². The van der Waals surface area contributed by atoms with Gasteiger partial charge in [0.2, 0.25) is 11.8 Å². The molecule has 0 aromatic carbocycles. The monoisotopic (exact) mass is 246 g/mol. The van der Waals surface area contributed by atoms with Crippen molar-refractivity contribution >= 4 is 0 Å². The molecule has 2 aromatic heterocycles. The van der Waals surface area contributed by atoms with Crippen molar-refractivity contribution in [1.29, 1.82) is 0 Å². The van der Waals surface area contributed by atoms with E-state index >= 15 is 0 Å². The van der Waals surface area contributed by atoms with E-state index in [9.17, 15) is 0 Å². The predicted molar refractivity (Wildman–Crippen MR) is 64.5 cm³/mol. The van der Waals surface area contributed by atoms with Crippen LogP contribution in [0.1, 0.15) is 11.4 Å². The van der Waals surface area contributed by atoms with E-state index in [1.807, 2.05) is 13.8 Å². The molecule has 0 N–H and O–H groups in total. The highest BCUT2D eigenvalue weighted by Gasteiger charge is 2.03. The van der Waals surface area contributed by atoms with Crippen molar-refractivity contribution in [3.05, 3.63) is 36.2 Å². The van der Waals surface area contributed by atoms with Crippen LogP contribution in [0.25, 0.3) is 0 Å². The standard InChI is InChI=1S/C12H14N4O2/c1-9-11(15-5-3-13-9)17-7-8-18-12-10(2)14-4-6-16-12/h3-6H,7-8H2,1-2H3. The van der Waals surface area contributed by atoms with Crippen LogP contribution in [0.15, 0.2) is 24.8 Å². The highest BCUT2D eigenvalue weighted by Crippen LogP contribution is 2.10. The fourth-order valence-corrected chi connectivity index (χ4v) is 1.35. The zero-order valence-corrected chi connectivity index (χ0v) is 10.3. The molecule has 0 atom stereocenters. The Morgan fingerprint density at radius 3 is 1.50 bits per heavy atom. The van der Waals surface area contributed by atoms with Gasteiger partial charge in [0.05, 0.1) is 11.4 Å². The molecule has 0 aliphatic carbocycles. The van der Waals surface area contributed by atoms with Crippen molar-refractivity contribution in [2.75, 3.05) is 13.2 Å². The molecule has 0 aliphatic rings. The summed E-state index contributed by atoms with van der Waals surface area (Å²) in [7, 11) is 0. The topological polar surface area (TPSA) is 70.0 Å². The van der Waals surface area contributed by atoms with Crippen LogP contribution in [0, 0.1) is 13.8 Å². The van der Waals surface area contributed by atoms with Crippen LogP contribution in [-0.4, -0.2) is 33.1 Å². The molecule has 0 radical (unpaired) electrons. The first-order chi connectivity index (χ1) is 8.77. The molecule has 0 spiro atoms. The van der Waals surface area contributed by atoms with Crippen LogP contribution in [0.2, 0.25) is 0 Å². The van der Waals surface area contributed by atoms with Gasteiger partial charge in [-0.1, -0.05) is 0 Å². The minimum atomic E-state index is 0.384. The zero-order valence-electron chi connectivity index (χ0n) is 10.3. The molecule has 94 valence electrons. The summed E-state index contributed by atoms with van der Waals surface area (Å²) < 4.78 is 10.9. The minimum Gasteiger partial charge on any atom is -0.473 e. The second-order valence-corrected chi connectivity index (χ2v) is 3.59. The Morgan fingerprint density at radius 2 is 1.11 bits per heavy atom. The lowest BCUT2D eigenvalue weighted by Gasteiger charge is -2.08. The Kier molecular flexibility index (Phi) is 4.01. The first-order valence-corrected chi connectivity index (χ1v) is 5.58. The van der Waals surface area contributed by atoms with Crippen LogP contribution in [-0.2, 0) is 0 Å². The van der Waals surface area contributed by atoms with Crippen LogP contribution in [0.4, 0.5) is 0 Å². The molecule has 0 bridgehead atoms. The Hall–Kier alpha value is -2.24. The molecule has 0 aliphatic heterocycles. The lowest BCUT2D eigenvalue weighted by atomic mass is 10.5. The molecule has 6 heteroatoms. The van der Waals surface area contributed by atoms with E-state index < -0.39 is 0 Å². The van der Waals surface area contributed by atoms with Crippen LogP contribution in [0.3, 0.4) is 0 Å². The predicted octanol–water partition coefficient (Wildman–Crippen LogP) is 1.34. The van der Waals surface area contributed by atoms with Gasteiger partial charge in [-0.2, -0.15) is 0 Å². The van der Waals surface area contributed by atoms with Crippen molar-refractivity contribution in [2.45, 2.75) is 13.8 Å². The first kappa shape index (κ1) is 12.2. The fraction of sp³-hybridized carbons (Fsp3) is 0.333. The Balaban J connectivity index is 1.80. The SMILES string of the molecule is Cc1nccnc1OCCOc1nccnc1C. The minimum absolute atomic E-state index is 0.384. The second kappa shape index (κ2) is 5.90. The third-order valence-corrected chi connectivity index (χ3v) is 2.23. The van der Waals surface area contributed by atoms with E-state index in [1.54, 1.807) is 24.8 Å². The molecule has 18 heavy (non-hydrogen) atoms. The summed E-state index contributed by atoms with van der Waals surface area (Å²) in [5, 5.41) is 0. The normalized spacial score (nSPS) is 10.1. The maximum Gasteiger partial charge on any atom is 0.235 e. The number of aromatic nitrogens is 4. The first-order valence-electron chi connectivity index (χ1n) is 5.58. The summed E-state index contributed by atoms with van der Waals surface area (Å²) in [5.74, 6) is 1.05. The van der Waals surface area contributed by atoms with Crippen molar-refractivity contribution in [3.63, 3.8) is 0 Å². The van der Waals surface area contributed by atoms with E-state index in [2.05, 4.69) is 19.9 Å². The lowest BCUT2D eigenvalue weighted by Crippen LogP contribution is -2.12. The second-order valence-electron chi connectivity index (χ2n) is 3.59. The molecule has 6 nitrogen and oxygen atoms in total. The number of hydrogen-bond donors (Lipinski definition) is 0. The quantitative estimate of drug-likeness (QED) is 0.741. The highest BCUT2D eigenvalue weighted by atomic mass is 16.5. The van der Waals surface area contributed by atoms with Gasteiger partial charge in [0, 0.05) is 24.8 Å². The maximum atomic E-state index is 5.45. The van der Waals surface area contributed by atoms with Gasteiger partial charge in [-0.15, -0.1) is 0 Å². The molecule has 0 saturated carbocycles. The van der Waals surface area contributed by atoms with Gasteiger partial charge in [-0.3, -0.25) is 9.97 Å². The van der Waals surface area contributed by atoms with Gasteiger partial charge >= 0.3 is 0 Å². The summed E-state index contributed by atoms with van der Waals surface area (Å²) in [5.41, 5.74) is 1.52. The van der Waals surface area contributed by atoms with Gasteiger partial charge in [-0.05, 0) is 13.8 Å². The van der Waals surface area contributed by atoms with Crippen molar-refractivity contribution in [1.82, 2.24) is 19.9 Å². The molecule has 0 fully saturated rings. The molecular weight excluding hydrogens is 232 g/mol. The average Bonchev–Trinajstić information content (AvgIpc) is 2.38. The molecule has 2 rings (SSSR count). The summed E-state index contributed by atoms with van der Waals surface area (Å²) >= 11 is 0. The third kappa shape index (κ3) is 3.13. The molecule has 0 unspecified atom stereocenters. The van der Waals surface area contributed by atoms with Crippen molar-refractivity contribution in [2.24, 2.45) is 0 Å². The zero-order chi connectivity index (χ0) is 12.8. The average molecular weight is 246 g/mol. The van der Waals surface area contributed by atoms with Gasteiger partial charge in [0.15, 0.2) is 0 Å². The van der Waals surface area contributed by atoms with E-state index in [-0.39, 0.29) is 0 Å². The Bertz CT molecular complexity index is 471. The molecule has 0 amide bonds. The van der Waals surface area contributed by atoms with Crippen LogP contribution >= 0.6 is 0 Å². The van der Waals surface area contributed by atoms with Crippen molar-refractivity contribution in [3.8, 4) is 11.8 Å². The van der Waals surface area contributed by atoms with Crippen LogP contribution in [0.5, 0.6) is 11.8 Å². The molecule has 2 aromatic rings. The van der Waals surface area contributed by atoms with E-state index in [4.69, 9.17) is 9.47 Å². The van der Waals surface area contributed by atoms with E-state index in [1.165, 1.54) is 0 Å². The summed E-state index contributed by atoms with van der Waals surface area (Å²) in [6.07, 6.45) is 6.44. The Morgan fingerprint density at radius 1 is 0.722 bits per heavy atom. The smallest absolute Gasteiger partial charge is 0.235 e. The number of hydrogen-bond acceptors (Lipinski definition) is 6. The van der Waals surface area contributed by atoms with Crippen molar-refractivity contribution < 1.29 is 9.47 Å². The van der Waals surface area contributed by atoms with Crippen LogP contribution < -0.4 is 9.47 Å². The number of aryl methyl sites for hydroxylation is 2. The highest BCUT2D eigenvalue weighted by molar-refractivity contribution is 5.15. The fourth-order valence-electron chi connectivity index (χ4n) is 1.35. The molecular formula is C12H14N4O2. The Labute approximate surface area is 105 Å².